The number of fused-ring (bicyclic) bond motifs is 2. The van der Waals surface area contributed by atoms with Gasteiger partial charge < -0.3 is 0 Å². The highest BCUT2D eigenvalue weighted by Gasteiger charge is 2.22. The van der Waals surface area contributed by atoms with Gasteiger partial charge in [0.25, 0.3) is 5.69 Å². The summed E-state index contributed by atoms with van der Waals surface area (Å²) in [6, 6.07) is 10.4. The van der Waals surface area contributed by atoms with E-state index in [0.717, 1.165) is 17.3 Å². The van der Waals surface area contributed by atoms with Crippen LogP contribution in [0.5, 0.6) is 0 Å². The minimum absolute atomic E-state index is 0.0132. The van der Waals surface area contributed by atoms with E-state index in [9.17, 15) is 10.1 Å². The Kier molecular flexibility index (Phi) is 3.95. The van der Waals surface area contributed by atoms with Gasteiger partial charge in [0.05, 0.1) is 32.6 Å². The predicted molar refractivity (Wildman–Crippen MR) is 106 cm³/mol. The van der Waals surface area contributed by atoms with Crippen LogP contribution in [0.15, 0.2) is 65.0 Å². The van der Waals surface area contributed by atoms with E-state index in [0.29, 0.717) is 32.3 Å². The Bertz CT molecular complexity index is 1390. The summed E-state index contributed by atoms with van der Waals surface area (Å²) in [6.45, 7) is 0. The van der Waals surface area contributed by atoms with Gasteiger partial charge in [-0.15, -0.1) is 10.2 Å². The third-order valence-corrected chi connectivity index (χ3v) is 5.32. The van der Waals surface area contributed by atoms with Gasteiger partial charge in [-0.2, -0.15) is 14.7 Å². The highest BCUT2D eigenvalue weighted by atomic mass is 32.2. The summed E-state index contributed by atoms with van der Waals surface area (Å²) in [6.07, 6.45) is 5.17. The molecule has 0 saturated heterocycles. The number of hydrogen-bond acceptors (Lipinski definition) is 8. The van der Waals surface area contributed by atoms with E-state index >= 15 is 0 Å². The van der Waals surface area contributed by atoms with Crippen molar-refractivity contribution in [2.75, 3.05) is 0 Å². The minimum atomic E-state index is -0.399. The summed E-state index contributed by atoms with van der Waals surface area (Å²) in [7, 11) is 1.83. The molecule has 4 heterocycles. The zero-order chi connectivity index (χ0) is 20.0. The number of pyridine rings is 1. The Morgan fingerprint density at radius 3 is 2.83 bits per heavy atom. The molecule has 0 radical (unpaired) electrons. The van der Waals surface area contributed by atoms with Crippen LogP contribution in [-0.2, 0) is 7.05 Å². The summed E-state index contributed by atoms with van der Waals surface area (Å²) < 4.78 is 3.26. The van der Waals surface area contributed by atoms with Gasteiger partial charge in [0, 0.05) is 25.0 Å². The lowest BCUT2D eigenvalue weighted by atomic mass is 10.2. The van der Waals surface area contributed by atoms with Crippen LogP contribution in [0.1, 0.15) is 0 Å². The van der Waals surface area contributed by atoms with E-state index in [4.69, 9.17) is 0 Å². The first-order valence-corrected chi connectivity index (χ1v) is 9.33. The van der Waals surface area contributed by atoms with E-state index in [2.05, 4.69) is 25.4 Å². The van der Waals surface area contributed by atoms with Crippen molar-refractivity contribution in [2.45, 2.75) is 10.1 Å². The topological polar surface area (TPSA) is 117 Å². The smallest absolute Gasteiger partial charge is 0.275 e. The standard InChI is InChI=1S/C18H12N8O2S/c1-24-10-11(9-20-24)13-5-7-16-21-22-18(25(16)23-13)29-15-6-4-14-12(3-2-8-19-14)17(15)26(27)28/h2-10H,1H3. The molecule has 142 valence electrons. The molecule has 1 aromatic carbocycles. The van der Waals surface area contributed by atoms with Gasteiger partial charge in [0.2, 0.25) is 5.16 Å². The quantitative estimate of drug-likeness (QED) is 0.331. The fraction of sp³-hybridized carbons (Fsp3) is 0.0556. The van der Waals surface area contributed by atoms with Gasteiger partial charge in [0.15, 0.2) is 5.65 Å². The maximum atomic E-state index is 11.8. The average molecular weight is 404 g/mol. The SMILES string of the molecule is Cn1cc(-c2ccc3nnc(Sc4ccc5ncccc5c4[N+](=O)[O-])n3n2)cn1. The molecule has 0 saturated carbocycles. The van der Waals surface area contributed by atoms with Crippen molar-refractivity contribution >= 4 is 34.0 Å². The van der Waals surface area contributed by atoms with Crippen molar-refractivity contribution in [2.24, 2.45) is 7.05 Å². The van der Waals surface area contributed by atoms with Crippen LogP contribution in [0.25, 0.3) is 27.8 Å². The number of hydrogen-bond donors (Lipinski definition) is 0. The molecule has 0 atom stereocenters. The zero-order valence-electron chi connectivity index (χ0n) is 15.0. The van der Waals surface area contributed by atoms with Crippen molar-refractivity contribution in [3.05, 3.63) is 65.1 Å². The van der Waals surface area contributed by atoms with Gasteiger partial charge in [-0.1, -0.05) is 0 Å². The van der Waals surface area contributed by atoms with Crippen LogP contribution in [0.4, 0.5) is 5.69 Å². The number of rotatable bonds is 4. The van der Waals surface area contributed by atoms with Gasteiger partial charge in [-0.25, -0.2) is 0 Å². The van der Waals surface area contributed by atoms with Crippen molar-refractivity contribution < 1.29 is 4.92 Å². The number of aryl methyl sites for hydroxylation is 1. The molecule has 0 spiro atoms. The van der Waals surface area contributed by atoms with Crippen molar-refractivity contribution in [3.8, 4) is 11.3 Å². The lowest BCUT2D eigenvalue weighted by Gasteiger charge is -2.05. The second kappa shape index (κ2) is 6.63. The van der Waals surface area contributed by atoms with Gasteiger partial charge in [-0.3, -0.25) is 19.8 Å². The summed E-state index contributed by atoms with van der Waals surface area (Å²) >= 11 is 1.14. The Morgan fingerprint density at radius 1 is 1.14 bits per heavy atom. The van der Waals surface area contributed by atoms with Crippen LogP contribution < -0.4 is 0 Å². The number of aromatic nitrogens is 7. The molecule has 0 amide bonds. The molecule has 5 aromatic rings. The van der Waals surface area contributed by atoms with Crippen LogP contribution in [0, 0.1) is 10.1 Å². The van der Waals surface area contributed by atoms with Gasteiger partial charge >= 0.3 is 0 Å². The van der Waals surface area contributed by atoms with Crippen molar-refractivity contribution in [1.82, 2.24) is 34.6 Å². The molecule has 0 aliphatic heterocycles. The van der Waals surface area contributed by atoms with Crippen LogP contribution in [0.2, 0.25) is 0 Å². The third kappa shape index (κ3) is 2.97. The molecule has 0 bridgehead atoms. The van der Waals surface area contributed by atoms with E-state index < -0.39 is 4.92 Å². The first-order valence-electron chi connectivity index (χ1n) is 8.51. The Balaban J connectivity index is 1.62. The molecule has 0 fully saturated rings. The molecular formula is C18H12N8O2S. The van der Waals surface area contributed by atoms with E-state index in [1.165, 1.54) is 0 Å². The lowest BCUT2D eigenvalue weighted by molar-refractivity contribution is -0.385. The number of nitro benzene ring substituents is 1. The first-order chi connectivity index (χ1) is 14.1. The van der Waals surface area contributed by atoms with Crippen LogP contribution >= 0.6 is 11.8 Å². The molecule has 4 aromatic heterocycles. The molecule has 10 nitrogen and oxygen atoms in total. The molecule has 0 N–H and O–H groups in total. The van der Waals surface area contributed by atoms with Crippen molar-refractivity contribution in [3.63, 3.8) is 0 Å². The highest BCUT2D eigenvalue weighted by molar-refractivity contribution is 7.99. The molecule has 5 rings (SSSR count). The maximum absolute atomic E-state index is 11.8. The number of benzene rings is 1. The van der Waals surface area contributed by atoms with Gasteiger partial charge in [-0.05, 0) is 48.2 Å². The van der Waals surface area contributed by atoms with E-state index in [-0.39, 0.29) is 5.69 Å². The second-order valence-corrected chi connectivity index (χ2v) is 7.22. The fourth-order valence-electron chi connectivity index (χ4n) is 3.03. The molecule has 0 aliphatic rings. The van der Waals surface area contributed by atoms with E-state index in [1.807, 2.05) is 19.3 Å². The predicted octanol–water partition coefficient (Wildman–Crippen LogP) is 3.13. The van der Waals surface area contributed by atoms with Gasteiger partial charge in [0.1, 0.15) is 0 Å². The first kappa shape index (κ1) is 17.3. The normalized spacial score (nSPS) is 11.3. The zero-order valence-corrected chi connectivity index (χ0v) is 15.8. The van der Waals surface area contributed by atoms with Crippen LogP contribution in [-0.4, -0.2) is 39.5 Å². The Morgan fingerprint density at radius 2 is 2.03 bits per heavy atom. The Labute approximate surface area is 167 Å². The monoisotopic (exact) mass is 404 g/mol. The van der Waals surface area contributed by atoms with Crippen molar-refractivity contribution in [1.29, 1.82) is 0 Å². The molecule has 11 heteroatoms. The molecule has 29 heavy (non-hydrogen) atoms. The lowest BCUT2D eigenvalue weighted by Crippen LogP contribution is -1.97. The summed E-state index contributed by atoms with van der Waals surface area (Å²) in [4.78, 5) is 16.0. The molecule has 0 aliphatic carbocycles. The Hall–Kier alpha value is -3.86. The maximum Gasteiger partial charge on any atom is 0.292 e. The fourth-order valence-corrected chi connectivity index (χ4v) is 3.94. The van der Waals surface area contributed by atoms with Crippen LogP contribution in [0.3, 0.4) is 0 Å². The highest BCUT2D eigenvalue weighted by Crippen LogP contribution is 2.38. The summed E-state index contributed by atoms with van der Waals surface area (Å²) in [5, 5.41) is 29.7. The average Bonchev–Trinajstić information content (AvgIpc) is 3.33. The largest absolute Gasteiger partial charge is 0.292 e. The summed E-state index contributed by atoms with van der Waals surface area (Å²) in [5.41, 5.74) is 2.64. The third-order valence-electron chi connectivity index (χ3n) is 4.34. The number of nitrogens with zero attached hydrogens (tertiary/aromatic N) is 8. The summed E-state index contributed by atoms with van der Waals surface area (Å²) in [5.74, 6) is 0. The second-order valence-electron chi connectivity index (χ2n) is 6.22. The molecule has 0 unspecified atom stereocenters. The molecular weight excluding hydrogens is 392 g/mol. The van der Waals surface area contributed by atoms with E-state index in [1.54, 1.807) is 51.9 Å². The number of nitro groups is 1. The minimum Gasteiger partial charge on any atom is -0.275 e.